The van der Waals surface area contributed by atoms with Crippen molar-refractivity contribution in [3.05, 3.63) is 23.9 Å². The maximum absolute atomic E-state index is 5.35. The Hall–Kier alpha value is -0.430. The zero-order chi connectivity index (χ0) is 6.41. The Morgan fingerprint density at radius 3 is 2.88 bits per heavy atom. The minimum absolute atomic E-state index is 0.485. The standard InChI is InChI=1S/C6H9ClO/c1-3-8-5-4-6(2)7/h4-5H,2-3H2,1H3. The molecule has 0 saturated carbocycles. The third-order valence-corrected chi connectivity index (χ3v) is 0.638. The first kappa shape index (κ1) is 7.57. The minimum Gasteiger partial charge on any atom is -0.501 e. The molecule has 0 saturated heterocycles. The molecule has 0 fully saturated rings. The Bertz CT molecular complexity index is 96.7. The number of ether oxygens (including phenoxy) is 1. The molecular formula is C6H9ClO. The Kier molecular flexibility index (Phi) is 4.47. The van der Waals surface area contributed by atoms with Crippen LogP contribution in [0.3, 0.4) is 0 Å². The van der Waals surface area contributed by atoms with Crippen LogP contribution in [-0.4, -0.2) is 6.61 Å². The number of allylic oxidation sites excluding steroid dienone is 2. The number of hydrogen-bond donors (Lipinski definition) is 0. The van der Waals surface area contributed by atoms with E-state index in [2.05, 4.69) is 6.58 Å². The lowest BCUT2D eigenvalue weighted by molar-refractivity contribution is 0.269. The maximum Gasteiger partial charge on any atom is 0.0845 e. The molecule has 0 unspecified atom stereocenters. The normalized spacial score (nSPS) is 9.75. The molecule has 0 aliphatic carbocycles. The first-order valence-electron chi connectivity index (χ1n) is 2.40. The van der Waals surface area contributed by atoms with Crippen LogP contribution in [0.2, 0.25) is 0 Å². The number of halogens is 1. The van der Waals surface area contributed by atoms with Crippen LogP contribution in [0.4, 0.5) is 0 Å². The summed E-state index contributed by atoms with van der Waals surface area (Å²) >= 11 is 5.35. The van der Waals surface area contributed by atoms with E-state index in [1.807, 2.05) is 6.92 Å². The van der Waals surface area contributed by atoms with Crippen molar-refractivity contribution in [2.75, 3.05) is 6.61 Å². The maximum atomic E-state index is 5.35. The van der Waals surface area contributed by atoms with Crippen LogP contribution in [0, 0.1) is 0 Å². The molecule has 0 atom stereocenters. The fraction of sp³-hybridized carbons (Fsp3) is 0.333. The van der Waals surface area contributed by atoms with Gasteiger partial charge in [-0.2, -0.15) is 0 Å². The predicted molar refractivity (Wildman–Crippen MR) is 35.8 cm³/mol. The molecule has 0 amide bonds. The van der Waals surface area contributed by atoms with Crippen LogP contribution < -0.4 is 0 Å². The Labute approximate surface area is 54.6 Å². The van der Waals surface area contributed by atoms with Gasteiger partial charge in [0.15, 0.2) is 0 Å². The van der Waals surface area contributed by atoms with Gasteiger partial charge in [0.2, 0.25) is 0 Å². The van der Waals surface area contributed by atoms with Gasteiger partial charge < -0.3 is 4.74 Å². The number of rotatable bonds is 3. The fourth-order valence-corrected chi connectivity index (χ4v) is 0.270. The van der Waals surface area contributed by atoms with Crippen LogP contribution >= 0.6 is 11.6 Å². The van der Waals surface area contributed by atoms with E-state index in [1.54, 1.807) is 6.08 Å². The van der Waals surface area contributed by atoms with Gasteiger partial charge in [-0.05, 0) is 13.0 Å². The van der Waals surface area contributed by atoms with Crippen LogP contribution in [0.25, 0.3) is 0 Å². The molecule has 0 aliphatic heterocycles. The smallest absolute Gasteiger partial charge is 0.0845 e. The van der Waals surface area contributed by atoms with Gasteiger partial charge in [0.25, 0.3) is 0 Å². The molecule has 0 heterocycles. The van der Waals surface area contributed by atoms with E-state index in [1.165, 1.54) is 6.26 Å². The molecule has 2 heteroatoms. The molecule has 0 N–H and O–H groups in total. The molecular weight excluding hydrogens is 124 g/mol. The van der Waals surface area contributed by atoms with E-state index in [4.69, 9.17) is 16.3 Å². The zero-order valence-electron chi connectivity index (χ0n) is 4.86. The molecule has 0 bridgehead atoms. The highest BCUT2D eigenvalue weighted by Crippen LogP contribution is 1.96. The topological polar surface area (TPSA) is 9.23 Å². The highest BCUT2D eigenvalue weighted by molar-refractivity contribution is 6.30. The van der Waals surface area contributed by atoms with Gasteiger partial charge in [0, 0.05) is 5.03 Å². The van der Waals surface area contributed by atoms with Crippen LogP contribution in [-0.2, 0) is 4.74 Å². The summed E-state index contributed by atoms with van der Waals surface area (Å²) < 4.78 is 4.82. The molecule has 8 heavy (non-hydrogen) atoms. The van der Waals surface area contributed by atoms with E-state index in [0.29, 0.717) is 11.6 Å². The lowest BCUT2D eigenvalue weighted by Gasteiger charge is -1.89. The van der Waals surface area contributed by atoms with E-state index >= 15 is 0 Å². The molecule has 0 aromatic rings. The van der Waals surface area contributed by atoms with Crippen molar-refractivity contribution in [1.82, 2.24) is 0 Å². The highest BCUT2D eigenvalue weighted by Gasteiger charge is 1.73. The van der Waals surface area contributed by atoms with Crippen molar-refractivity contribution >= 4 is 11.6 Å². The summed E-state index contributed by atoms with van der Waals surface area (Å²) in [5, 5.41) is 0.485. The van der Waals surface area contributed by atoms with Crippen molar-refractivity contribution in [2.45, 2.75) is 6.92 Å². The largest absolute Gasteiger partial charge is 0.501 e. The molecule has 0 rings (SSSR count). The summed E-state index contributed by atoms with van der Waals surface area (Å²) in [6.07, 6.45) is 3.13. The van der Waals surface area contributed by atoms with Crippen molar-refractivity contribution in [3.8, 4) is 0 Å². The Morgan fingerprint density at radius 1 is 1.88 bits per heavy atom. The summed E-state index contributed by atoms with van der Waals surface area (Å²) in [6, 6.07) is 0. The third kappa shape index (κ3) is 5.57. The molecule has 1 nitrogen and oxygen atoms in total. The second-order valence-corrected chi connectivity index (χ2v) is 1.69. The van der Waals surface area contributed by atoms with Crippen molar-refractivity contribution in [3.63, 3.8) is 0 Å². The zero-order valence-corrected chi connectivity index (χ0v) is 5.61. The lowest BCUT2D eigenvalue weighted by atomic mass is 10.6. The quantitative estimate of drug-likeness (QED) is 0.423. The van der Waals surface area contributed by atoms with Crippen LogP contribution in [0.5, 0.6) is 0 Å². The van der Waals surface area contributed by atoms with Gasteiger partial charge in [-0.15, -0.1) is 0 Å². The third-order valence-electron chi connectivity index (χ3n) is 0.512. The summed E-state index contributed by atoms with van der Waals surface area (Å²) in [5.41, 5.74) is 0. The van der Waals surface area contributed by atoms with E-state index in [0.717, 1.165) is 0 Å². The first-order valence-corrected chi connectivity index (χ1v) is 2.77. The summed E-state index contributed by atoms with van der Waals surface area (Å²) in [7, 11) is 0. The lowest BCUT2D eigenvalue weighted by Crippen LogP contribution is -1.75. The molecule has 46 valence electrons. The van der Waals surface area contributed by atoms with Crippen LogP contribution in [0.1, 0.15) is 6.92 Å². The molecule has 0 radical (unpaired) electrons. The first-order chi connectivity index (χ1) is 3.77. The van der Waals surface area contributed by atoms with Crippen LogP contribution in [0.15, 0.2) is 23.9 Å². The SMILES string of the molecule is C=C(Cl)C=COCC. The van der Waals surface area contributed by atoms with E-state index in [-0.39, 0.29) is 0 Å². The average molecular weight is 133 g/mol. The summed E-state index contributed by atoms with van der Waals surface area (Å²) in [6.45, 7) is 6.00. The average Bonchev–Trinajstić information content (AvgIpc) is 1.66. The number of hydrogen-bond acceptors (Lipinski definition) is 1. The summed E-state index contributed by atoms with van der Waals surface area (Å²) in [4.78, 5) is 0. The highest BCUT2D eigenvalue weighted by atomic mass is 35.5. The van der Waals surface area contributed by atoms with Crippen molar-refractivity contribution in [2.24, 2.45) is 0 Å². The van der Waals surface area contributed by atoms with E-state index in [9.17, 15) is 0 Å². The Morgan fingerprint density at radius 2 is 2.50 bits per heavy atom. The van der Waals surface area contributed by atoms with Gasteiger partial charge in [-0.3, -0.25) is 0 Å². The van der Waals surface area contributed by atoms with Gasteiger partial charge >= 0.3 is 0 Å². The molecule has 0 aromatic heterocycles. The van der Waals surface area contributed by atoms with Crippen molar-refractivity contribution in [1.29, 1.82) is 0 Å². The van der Waals surface area contributed by atoms with Gasteiger partial charge in [0.05, 0.1) is 12.9 Å². The van der Waals surface area contributed by atoms with Crippen molar-refractivity contribution < 1.29 is 4.74 Å². The second-order valence-electron chi connectivity index (χ2n) is 1.20. The molecule has 0 aliphatic rings. The molecule has 0 aromatic carbocycles. The minimum atomic E-state index is 0.485. The predicted octanol–water partition coefficient (Wildman–Crippen LogP) is 2.29. The van der Waals surface area contributed by atoms with E-state index < -0.39 is 0 Å². The summed E-state index contributed by atoms with van der Waals surface area (Å²) in [5.74, 6) is 0. The fourth-order valence-electron chi connectivity index (χ4n) is 0.218. The van der Waals surface area contributed by atoms with Gasteiger partial charge in [-0.25, -0.2) is 0 Å². The Balaban J connectivity index is 3.20. The second kappa shape index (κ2) is 4.72. The van der Waals surface area contributed by atoms with Gasteiger partial charge in [0.1, 0.15) is 0 Å². The monoisotopic (exact) mass is 132 g/mol. The van der Waals surface area contributed by atoms with Gasteiger partial charge in [-0.1, -0.05) is 18.2 Å². The molecule has 0 spiro atoms.